The molecule has 3 rings (SSSR count). The van der Waals surface area contributed by atoms with Gasteiger partial charge in [0.05, 0.1) is 5.75 Å². The molecule has 1 heterocycles. The molecule has 1 aromatic carbocycles. The molecule has 2 amide bonds. The van der Waals surface area contributed by atoms with Crippen molar-refractivity contribution in [2.45, 2.75) is 63.3 Å². The zero-order chi connectivity index (χ0) is 18.4. The Morgan fingerprint density at radius 1 is 1.27 bits per heavy atom. The zero-order valence-corrected chi connectivity index (χ0v) is 16.4. The van der Waals surface area contributed by atoms with Crippen molar-refractivity contribution in [3.63, 3.8) is 0 Å². The van der Waals surface area contributed by atoms with E-state index in [0.29, 0.717) is 24.0 Å². The SMILES string of the molecule is CCCC1CC(=O)NC2CC(NC(=O)CSCc3ccccc3)CCC12. The zero-order valence-electron chi connectivity index (χ0n) is 15.6. The van der Waals surface area contributed by atoms with Crippen molar-refractivity contribution in [2.24, 2.45) is 11.8 Å². The van der Waals surface area contributed by atoms with Gasteiger partial charge in [0, 0.05) is 24.3 Å². The van der Waals surface area contributed by atoms with Crippen molar-refractivity contribution in [2.75, 3.05) is 5.75 Å². The molecule has 2 fully saturated rings. The number of carbonyl (C=O) groups is 2. The molecule has 142 valence electrons. The largest absolute Gasteiger partial charge is 0.353 e. The van der Waals surface area contributed by atoms with E-state index in [9.17, 15) is 9.59 Å². The van der Waals surface area contributed by atoms with Crippen LogP contribution < -0.4 is 10.6 Å². The molecule has 4 atom stereocenters. The van der Waals surface area contributed by atoms with Gasteiger partial charge in [0.1, 0.15) is 0 Å². The molecule has 4 unspecified atom stereocenters. The smallest absolute Gasteiger partial charge is 0.230 e. The summed E-state index contributed by atoms with van der Waals surface area (Å²) in [6, 6.07) is 10.7. The average molecular weight is 375 g/mol. The van der Waals surface area contributed by atoms with Crippen LogP contribution in [0.5, 0.6) is 0 Å². The van der Waals surface area contributed by atoms with Gasteiger partial charge in [-0.25, -0.2) is 0 Å². The molecular weight excluding hydrogens is 344 g/mol. The lowest BCUT2D eigenvalue weighted by molar-refractivity contribution is -0.127. The summed E-state index contributed by atoms with van der Waals surface area (Å²) in [5.74, 6) is 2.77. The standard InChI is InChI=1S/C21H30N2O2S/c1-2-6-16-11-20(24)23-19-12-17(9-10-18(16)19)22-21(25)14-26-13-15-7-4-3-5-8-15/h3-5,7-8,16-19H,2,6,9-14H2,1H3,(H,22,25)(H,23,24). The maximum absolute atomic E-state index is 12.3. The van der Waals surface area contributed by atoms with Crippen molar-refractivity contribution < 1.29 is 9.59 Å². The maximum Gasteiger partial charge on any atom is 0.230 e. The fourth-order valence-corrected chi connectivity index (χ4v) is 5.30. The van der Waals surface area contributed by atoms with Crippen LogP contribution in [0.1, 0.15) is 51.0 Å². The second-order valence-electron chi connectivity index (χ2n) is 7.65. The van der Waals surface area contributed by atoms with Crippen LogP contribution in [0.15, 0.2) is 30.3 Å². The number of hydrogen-bond donors (Lipinski definition) is 2. The van der Waals surface area contributed by atoms with Crippen LogP contribution in [0.25, 0.3) is 0 Å². The second-order valence-corrected chi connectivity index (χ2v) is 8.63. The highest BCUT2D eigenvalue weighted by atomic mass is 32.2. The minimum absolute atomic E-state index is 0.113. The van der Waals surface area contributed by atoms with Crippen LogP contribution in [0.2, 0.25) is 0 Å². The van der Waals surface area contributed by atoms with Crippen molar-refractivity contribution in [1.82, 2.24) is 10.6 Å². The van der Waals surface area contributed by atoms with E-state index in [1.165, 1.54) is 5.56 Å². The van der Waals surface area contributed by atoms with Crippen LogP contribution in [0.4, 0.5) is 0 Å². The van der Waals surface area contributed by atoms with Gasteiger partial charge in [-0.15, -0.1) is 11.8 Å². The Labute approximate surface area is 160 Å². The topological polar surface area (TPSA) is 58.2 Å². The summed E-state index contributed by atoms with van der Waals surface area (Å²) in [4.78, 5) is 24.3. The highest BCUT2D eigenvalue weighted by Gasteiger charge is 2.40. The number of fused-ring (bicyclic) bond motifs is 1. The van der Waals surface area contributed by atoms with Gasteiger partial charge in [-0.2, -0.15) is 0 Å². The van der Waals surface area contributed by atoms with Crippen molar-refractivity contribution in [3.8, 4) is 0 Å². The first-order valence-corrected chi connectivity index (χ1v) is 11.0. The normalized spacial score (nSPS) is 28.1. The molecule has 1 saturated heterocycles. The van der Waals surface area contributed by atoms with Gasteiger partial charge in [0.2, 0.25) is 11.8 Å². The van der Waals surface area contributed by atoms with Gasteiger partial charge in [-0.3, -0.25) is 9.59 Å². The Morgan fingerprint density at radius 3 is 2.85 bits per heavy atom. The molecule has 0 aromatic heterocycles. The van der Waals surface area contributed by atoms with Gasteiger partial charge in [0.25, 0.3) is 0 Å². The molecule has 26 heavy (non-hydrogen) atoms. The highest BCUT2D eigenvalue weighted by Crippen LogP contribution is 2.37. The number of thioether (sulfide) groups is 1. The molecular formula is C21H30N2O2S. The minimum Gasteiger partial charge on any atom is -0.353 e. The summed E-state index contributed by atoms with van der Waals surface area (Å²) in [5, 5.41) is 6.37. The van der Waals surface area contributed by atoms with Gasteiger partial charge in [-0.1, -0.05) is 43.7 Å². The Hall–Kier alpha value is -1.49. The molecule has 1 aliphatic heterocycles. The van der Waals surface area contributed by atoms with E-state index in [2.05, 4.69) is 29.7 Å². The average Bonchev–Trinajstić information content (AvgIpc) is 2.62. The lowest BCUT2D eigenvalue weighted by atomic mass is 9.70. The van der Waals surface area contributed by atoms with E-state index in [1.807, 2.05) is 18.2 Å². The van der Waals surface area contributed by atoms with Crippen LogP contribution in [-0.4, -0.2) is 29.7 Å². The van der Waals surface area contributed by atoms with E-state index < -0.39 is 0 Å². The number of nitrogens with one attached hydrogen (secondary N) is 2. The van der Waals surface area contributed by atoms with E-state index in [4.69, 9.17) is 0 Å². The van der Waals surface area contributed by atoms with E-state index in [1.54, 1.807) is 11.8 Å². The van der Waals surface area contributed by atoms with Crippen LogP contribution in [0, 0.1) is 11.8 Å². The molecule has 2 aliphatic rings. The first-order valence-electron chi connectivity index (χ1n) is 9.86. The first-order chi connectivity index (χ1) is 12.7. The molecule has 1 aliphatic carbocycles. The fourth-order valence-electron chi connectivity index (χ4n) is 4.50. The summed E-state index contributed by atoms with van der Waals surface area (Å²) in [7, 11) is 0. The van der Waals surface area contributed by atoms with Crippen molar-refractivity contribution >= 4 is 23.6 Å². The molecule has 4 nitrogen and oxygen atoms in total. The summed E-state index contributed by atoms with van der Waals surface area (Å²) < 4.78 is 0. The monoisotopic (exact) mass is 374 g/mol. The third-order valence-electron chi connectivity index (χ3n) is 5.67. The van der Waals surface area contributed by atoms with Gasteiger partial charge < -0.3 is 10.6 Å². The summed E-state index contributed by atoms with van der Waals surface area (Å²) >= 11 is 1.65. The molecule has 5 heteroatoms. The van der Waals surface area contributed by atoms with E-state index >= 15 is 0 Å². The molecule has 0 bridgehead atoms. The molecule has 0 radical (unpaired) electrons. The molecule has 1 saturated carbocycles. The number of amides is 2. The second kappa shape index (κ2) is 9.45. The van der Waals surface area contributed by atoms with Crippen molar-refractivity contribution in [3.05, 3.63) is 35.9 Å². The quantitative estimate of drug-likeness (QED) is 0.768. The molecule has 2 N–H and O–H groups in total. The highest BCUT2D eigenvalue weighted by molar-refractivity contribution is 7.99. The molecule has 1 aromatic rings. The lowest BCUT2D eigenvalue weighted by Crippen LogP contribution is -2.55. The van der Waals surface area contributed by atoms with Gasteiger partial charge >= 0.3 is 0 Å². The first kappa shape index (κ1) is 19.3. The Bertz CT molecular complexity index is 607. The number of rotatable bonds is 7. The summed E-state index contributed by atoms with van der Waals surface area (Å²) in [5.41, 5.74) is 1.25. The number of carbonyl (C=O) groups excluding carboxylic acids is 2. The minimum atomic E-state index is 0.113. The maximum atomic E-state index is 12.3. The number of benzene rings is 1. The predicted octanol–water partition coefficient (Wildman–Crippen LogP) is 3.51. The van der Waals surface area contributed by atoms with E-state index in [0.717, 1.165) is 37.9 Å². The Kier molecular flexibility index (Phi) is 7.00. The number of hydrogen-bond acceptors (Lipinski definition) is 3. The van der Waals surface area contributed by atoms with Crippen LogP contribution in [0.3, 0.4) is 0 Å². The van der Waals surface area contributed by atoms with Gasteiger partial charge in [0.15, 0.2) is 0 Å². The lowest BCUT2D eigenvalue weighted by Gasteiger charge is -2.44. The van der Waals surface area contributed by atoms with Crippen LogP contribution >= 0.6 is 11.8 Å². The summed E-state index contributed by atoms with van der Waals surface area (Å²) in [6.45, 7) is 2.19. The Morgan fingerprint density at radius 2 is 2.08 bits per heavy atom. The third-order valence-corrected chi connectivity index (χ3v) is 6.68. The third kappa shape index (κ3) is 5.26. The van der Waals surface area contributed by atoms with E-state index in [-0.39, 0.29) is 23.9 Å². The fraction of sp³-hybridized carbons (Fsp3) is 0.619. The molecule has 0 spiro atoms. The summed E-state index contributed by atoms with van der Waals surface area (Å²) in [6.07, 6.45) is 5.99. The van der Waals surface area contributed by atoms with Gasteiger partial charge in [-0.05, 0) is 43.1 Å². The number of piperidine rings is 1. The van der Waals surface area contributed by atoms with Crippen molar-refractivity contribution in [1.29, 1.82) is 0 Å². The Balaban J connectivity index is 1.43. The predicted molar refractivity (Wildman–Crippen MR) is 107 cm³/mol. The van der Waals surface area contributed by atoms with Crippen LogP contribution in [-0.2, 0) is 15.3 Å².